The largest absolute Gasteiger partial charge is 0.483 e. The summed E-state index contributed by atoms with van der Waals surface area (Å²) in [5, 5.41) is 0. The molecule has 0 bridgehead atoms. The van der Waals surface area contributed by atoms with E-state index >= 15 is 0 Å². The van der Waals surface area contributed by atoms with Crippen LogP contribution in [0.4, 0.5) is 0 Å². The van der Waals surface area contributed by atoms with E-state index in [1.54, 1.807) is 17.0 Å². The van der Waals surface area contributed by atoms with Gasteiger partial charge in [0.2, 0.25) is 0 Å². The average Bonchev–Trinajstić information content (AvgIpc) is 2.38. The second-order valence-electron chi connectivity index (χ2n) is 3.86. The van der Waals surface area contributed by atoms with E-state index in [-0.39, 0.29) is 17.5 Å². The van der Waals surface area contributed by atoms with Crippen molar-refractivity contribution in [2.75, 3.05) is 19.7 Å². The number of rotatable bonds is 6. The van der Waals surface area contributed by atoms with Crippen molar-refractivity contribution in [2.24, 2.45) is 5.73 Å². The molecule has 0 atom stereocenters. The summed E-state index contributed by atoms with van der Waals surface area (Å²) in [6, 6.07) is 5.34. The van der Waals surface area contributed by atoms with Crippen molar-refractivity contribution >= 4 is 39.0 Å². The molecule has 19 heavy (non-hydrogen) atoms. The third-order valence-corrected chi connectivity index (χ3v) is 3.39. The highest BCUT2D eigenvalue weighted by Crippen LogP contribution is 2.23. The lowest BCUT2D eigenvalue weighted by Gasteiger charge is -2.19. The molecular weight excluding hydrogens is 328 g/mol. The number of carbonyl (C=O) groups is 1. The first-order valence-corrected chi connectivity index (χ1v) is 7.19. The molecule has 6 heteroatoms. The lowest BCUT2D eigenvalue weighted by Crippen LogP contribution is -2.34. The minimum atomic E-state index is -0.0539. The molecule has 0 saturated heterocycles. The number of hydrogen-bond acceptors (Lipinski definition) is 3. The molecule has 0 aromatic heterocycles. The van der Waals surface area contributed by atoms with Crippen LogP contribution in [0.2, 0.25) is 0 Å². The molecule has 4 nitrogen and oxygen atoms in total. The highest BCUT2D eigenvalue weighted by Gasteiger charge is 2.13. The van der Waals surface area contributed by atoms with Crippen molar-refractivity contribution in [1.29, 1.82) is 0 Å². The number of nitrogens with zero attached hydrogens (tertiary/aromatic N) is 1. The third kappa shape index (κ3) is 4.47. The van der Waals surface area contributed by atoms with E-state index in [9.17, 15) is 4.79 Å². The third-order valence-electron chi connectivity index (χ3n) is 2.67. The molecule has 0 fully saturated rings. The Balaban J connectivity index is 2.78. The van der Waals surface area contributed by atoms with E-state index in [0.29, 0.717) is 24.4 Å². The molecular formula is C13H17BrN2O2S. The Labute approximate surface area is 127 Å². The molecule has 1 aromatic rings. The summed E-state index contributed by atoms with van der Waals surface area (Å²) in [5.74, 6) is 0.470. The van der Waals surface area contributed by atoms with Crippen LogP contribution in [-0.2, 0) is 4.79 Å². The van der Waals surface area contributed by atoms with Crippen molar-refractivity contribution in [3.63, 3.8) is 0 Å². The molecule has 0 aliphatic heterocycles. The Hall–Kier alpha value is -1.14. The minimum Gasteiger partial charge on any atom is -0.483 e. The van der Waals surface area contributed by atoms with Gasteiger partial charge in [-0.2, -0.15) is 0 Å². The predicted octanol–water partition coefficient (Wildman–Crippen LogP) is 2.33. The molecule has 0 unspecified atom stereocenters. The van der Waals surface area contributed by atoms with Crippen molar-refractivity contribution in [2.45, 2.75) is 13.8 Å². The summed E-state index contributed by atoms with van der Waals surface area (Å²) in [6.07, 6.45) is 0. The van der Waals surface area contributed by atoms with Gasteiger partial charge in [0.25, 0.3) is 5.91 Å². The topological polar surface area (TPSA) is 55.6 Å². The van der Waals surface area contributed by atoms with Gasteiger partial charge < -0.3 is 15.4 Å². The van der Waals surface area contributed by atoms with Gasteiger partial charge in [0, 0.05) is 17.6 Å². The van der Waals surface area contributed by atoms with Crippen LogP contribution in [0, 0.1) is 0 Å². The van der Waals surface area contributed by atoms with Gasteiger partial charge in [-0.25, -0.2) is 0 Å². The van der Waals surface area contributed by atoms with Crippen molar-refractivity contribution in [3.8, 4) is 5.75 Å². The number of carbonyl (C=O) groups excluding carboxylic acids is 1. The molecule has 0 saturated carbocycles. The second-order valence-corrected chi connectivity index (χ2v) is 5.21. The Morgan fingerprint density at radius 1 is 1.42 bits per heavy atom. The molecule has 2 N–H and O–H groups in total. The van der Waals surface area contributed by atoms with Gasteiger partial charge in [-0.1, -0.05) is 28.1 Å². The number of benzene rings is 1. The van der Waals surface area contributed by atoms with E-state index in [2.05, 4.69) is 15.9 Å². The molecule has 1 amide bonds. The summed E-state index contributed by atoms with van der Waals surface area (Å²) >= 11 is 8.31. The molecule has 0 heterocycles. The van der Waals surface area contributed by atoms with E-state index in [0.717, 1.165) is 4.47 Å². The number of likely N-dealkylation sites (N-methyl/N-ethyl adjacent to an activating group) is 1. The van der Waals surface area contributed by atoms with Crippen LogP contribution in [0.1, 0.15) is 19.4 Å². The number of amides is 1. The number of hydrogen-bond donors (Lipinski definition) is 1. The Morgan fingerprint density at radius 2 is 2.05 bits per heavy atom. The molecule has 0 spiro atoms. The summed E-state index contributed by atoms with van der Waals surface area (Å²) in [4.78, 5) is 13.8. The zero-order valence-electron chi connectivity index (χ0n) is 11.0. The first kappa shape index (κ1) is 15.9. The Bertz CT molecular complexity index is 476. The van der Waals surface area contributed by atoms with Crippen molar-refractivity contribution in [3.05, 3.63) is 28.2 Å². The number of halogens is 1. The maximum absolute atomic E-state index is 11.9. The normalized spacial score (nSPS) is 10.1. The van der Waals surface area contributed by atoms with Gasteiger partial charge in [-0.3, -0.25) is 4.79 Å². The molecule has 0 radical (unpaired) electrons. The van der Waals surface area contributed by atoms with E-state index < -0.39 is 0 Å². The summed E-state index contributed by atoms with van der Waals surface area (Å²) in [7, 11) is 0. The van der Waals surface area contributed by atoms with Crippen molar-refractivity contribution in [1.82, 2.24) is 4.90 Å². The smallest absolute Gasteiger partial charge is 0.260 e. The van der Waals surface area contributed by atoms with E-state index in [4.69, 9.17) is 22.7 Å². The van der Waals surface area contributed by atoms with Crippen LogP contribution < -0.4 is 10.5 Å². The zero-order valence-corrected chi connectivity index (χ0v) is 13.4. The number of ether oxygens (including phenoxy) is 1. The highest BCUT2D eigenvalue weighted by molar-refractivity contribution is 9.10. The molecule has 104 valence electrons. The molecule has 1 rings (SSSR count). The van der Waals surface area contributed by atoms with Gasteiger partial charge in [0.05, 0.1) is 5.56 Å². The Kier molecular flexibility index (Phi) is 6.24. The molecule has 0 aliphatic carbocycles. The van der Waals surface area contributed by atoms with Crippen LogP contribution in [-0.4, -0.2) is 35.5 Å². The minimum absolute atomic E-state index is 0.0150. The molecule has 1 aromatic carbocycles. The standard InChI is InChI=1S/C13H17BrN2O2S/c1-3-16(4-2)12(17)8-18-11-6-5-9(14)7-10(11)13(15)19/h5-7H,3-4,8H2,1-2H3,(H2,15,19). The van der Waals surface area contributed by atoms with Gasteiger partial charge >= 0.3 is 0 Å². The van der Waals surface area contributed by atoms with Crippen LogP contribution in [0.3, 0.4) is 0 Å². The quantitative estimate of drug-likeness (QED) is 0.804. The maximum Gasteiger partial charge on any atom is 0.260 e. The van der Waals surface area contributed by atoms with Crippen LogP contribution in [0.15, 0.2) is 22.7 Å². The summed E-state index contributed by atoms with van der Waals surface area (Å²) in [6.45, 7) is 5.18. The van der Waals surface area contributed by atoms with Gasteiger partial charge in [-0.05, 0) is 32.0 Å². The lowest BCUT2D eigenvalue weighted by atomic mass is 10.2. The molecule has 0 aliphatic rings. The van der Waals surface area contributed by atoms with Crippen LogP contribution in [0.25, 0.3) is 0 Å². The van der Waals surface area contributed by atoms with E-state index in [1.807, 2.05) is 19.9 Å². The first-order valence-electron chi connectivity index (χ1n) is 5.99. The fraction of sp³-hybridized carbons (Fsp3) is 0.385. The Morgan fingerprint density at radius 3 is 2.58 bits per heavy atom. The summed E-state index contributed by atoms with van der Waals surface area (Å²) in [5.41, 5.74) is 6.26. The first-order chi connectivity index (χ1) is 8.99. The van der Waals surface area contributed by atoms with Crippen molar-refractivity contribution < 1.29 is 9.53 Å². The van der Waals surface area contributed by atoms with Gasteiger partial charge in [0.1, 0.15) is 10.7 Å². The monoisotopic (exact) mass is 344 g/mol. The highest BCUT2D eigenvalue weighted by atomic mass is 79.9. The van der Waals surface area contributed by atoms with E-state index in [1.165, 1.54) is 0 Å². The fourth-order valence-electron chi connectivity index (χ4n) is 1.63. The van der Waals surface area contributed by atoms with Gasteiger partial charge in [-0.15, -0.1) is 0 Å². The zero-order chi connectivity index (χ0) is 14.4. The SMILES string of the molecule is CCN(CC)C(=O)COc1ccc(Br)cc1C(N)=S. The fourth-order valence-corrected chi connectivity index (χ4v) is 2.15. The predicted molar refractivity (Wildman–Crippen MR) is 83.5 cm³/mol. The van der Waals surface area contributed by atoms with Gasteiger partial charge in [0.15, 0.2) is 6.61 Å². The number of nitrogens with two attached hydrogens (primary N) is 1. The maximum atomic E-state index is 11.9. The lowest BCUT2D eigenvalue weighted by molar-refractivity contribution is -0.132. The average molecular weight is 345 g/mol. The van der Waals surface area contributed by atoms with Crippen LogP contribution in [0.5, 0.6) is 5.75 Å². The number of thiocarbonyl (C=S) groups is 1. The van der Waals surface area contributed by atoms with Crippen LogP contribution >= 0.6 is 28.1 Å². The second kappa shape index (κ2) is 7.45. The summed E-state index contributed by atoms with van der Waals surface area (Å²) < 4.78 is 6.38.